The van der Waals surface area contributed by atoms with Crippen molar-refractivity contribution in [1.29, 1.82) is 5.41 Å². The first-order chi connectivity index (χ1) is 8.54. The molecule has 0 bridgehead atoms. The summed E-state index contributed by atoms with van der Waals surface area (Å²) in [5.74, 6) is -0.0285. The molecule has 0 unspecified atom stereocenters. The van der Waals surface area contributed by atoms with E-state index >= 15 is 0 Å². The average Bonchev–Trinajstić information content (AvgIpc) is 2.36. The first-order valence-electron chi connectivity index (χ1n) is 5.83. The van der Waals surface area contributed by atoms with Crippen molar-refractivity contribution in [3.05, 3.63) is 24.0 Å². The molecule has 6 nitrogen and oxygen atoms in total. The number of nitrogens with zero attached hydrogens (tertiary/aromatic N) is 2. The van der Waals surface area contributed by atoms with E-state index in [4.69, 9.17) is 11.1 Å². The molecular formula is C12H19N5O. The Labute approximate surface area is 107 Å². The zero-order valence-corrected chi connectivity index (χ0v) is 10.7. The number of nitrogens with two attached hydrogens (primary N) is 1. The molecule has 0 aromatic carbocycles. The Bertz CT molecular complexity index is 432. The summed E-state index contributed by atoms with van der Waals surface area (Å²) in [5, 5.41) is 9.89. The van der Waals surface area contributed by atoms with Crippen LogP contribution < -0.4 is 16.0 Å². The van der Waals surface area contributed by atoms with Crippen LogP contribution in [0.25, 0.3) is 0 Å². The number of amidine groups is 1. The Morgan fingerprint density at radius 3 is 2.94 bits per heavy atom. The van der Waals surface area contributed by atoms with Crippen molar-refractivity contribution in [2.45, 2.75) is 13.3 Å². The van der Waals surface area contributed by atoms with Crippen LogP contribution in [0.3, 0.4) is 0 Å². The van der Waals surface area contributed by atoms with Gasteiger partial charge in [0.1, 0.15) is 5.69 Å². The fourth-order valence-corrected chi connectivity index (χ4v) is 1.45. The van der Waals surface area contributed by atoms with Gasteiger partial charge in [-0.1, -0.05) is 0 Å². The maximum absolute atomic E-state index is 11.6. The first-order valence-corrected chi connectivity index (χ1v) is 5.83. The van der Waals surface area contributed by atoms with Crippen molar-refractivity contribution in [3.63, 3.8) is 0 Å². The topological polar surface area (TPSA) is 95.1 Å². The van der Waals surface area contributed by atoms with Crippen molar-refractivity contribution in [1.82, 2.24) is 10.3 Å². The predicted octanol–water partition coefficient (Wildman–Crippen LogP) is 0.594. The number of rotatable bonds is 6. The SMILES string of the molecule is CCNC(=O)c1cc(N(C)CCC(=N)N)ccn1. The van der Waals surface area contributed by atoms with Gasteiger partial charge in [-0.15, -0.1) is 0 Å². The third-order valence-corrected chi connectivity index (χ3v) is 2.47. The molecule has 98 valence electrons. The van der Waals surface area contributed by atoms with Crippen LogP contribution >= 0.6 is 0 Å². The summed E-state index contributed by atoms with van der Waals surface area (Å²) < 4.78 is 0. The summed E-state index contributed by atoms with van der Waals surface area (Å²) >= 11 is 0. The maximum Gasteiger partial charge on any atom is 0.269 e. The number of hydrogen-bond donors (Lipinski definition) is 3. The van der Waals surface area contributed by atoms with Crippen molar-refractivity contribution < 1.29 is 4.79 Å². The molecule has 1 rings (SSSR count). The van der Waals surface area contributed by atoms with Gasteiger partial charge in [-0.3, -0.25) is 15.2 Å². The highest BCUT2D eigenvalue weighted by atomic mass is 16.1. The second-order valence-electron chi connectivity index (χ2n) is 3.96. The van der Waals surface area contributed by atoms with Crippen molar-refractivity contribution in [3.8, 4) is 0 Å². The van der Waals surface area contributed by atoms with Gasteiger partial charge >= 0.3 is 0 Å². The second-order valence-corrected chi connectivity index (χ2v) is 3.96. The summed E-state index contributed by atoms with van der Waals surface area (Å²) in [4.78, 5) is 17.6. The van der Waals surface area contributed by atoms with Crippen LogP contribution in [0, 0.1) is 5.41 Å². The Hall–Kier alpha value is -2.11. The van der Waals surface area contributed by atoms with Crippen LogP contribution in [0.15, 0.2) is 18.3 Å². The molecule has 18 heavy (non-hydrogen) atoms. The molecule has 0 atom stereocenters. The first kappa shape index (κ1) is 14.0. The summed E-state index contributed by atoms with van der Waals surface area (Å²) in [6.45, 7) is 3.07. The van der Waals surface area contributed by atoms with E-state index in [9.17, 15) is 4.79 Å². The molecule has 0 saturated heterocycles. The van der Waals surface area contributed by atoms with Gasteiger partial charge in [0.05, 0.1) is 5.84 Å². The molecule has 0 aliphatic carbocycles. The van der Waals surface area contributed by atoms with Gasteiger partial charge in [0.15, 0.2) is 0 Å². The second kappa shape index (κ2) is 6.58. The number of carbonyl (C=O) groups excluding carboxylic acids is 1. The van der Waals surface area contributed by atoms with Gasteiger partial charge in [-0.25, -0.2) is 0 Å². The number of anilines is 1. The fourth-order valence-electron chi connectivity index (χ4n) is 1.45. The zero-order valence-electron chi connectivity index (χ0n) is 10.7. The zero-order chi connectivity index (χ0) is 13.5. The van der Waals surface area contributed by atoms with Crippen LogP contribution in [-0.2, 0) is 0 Å². The van der Waals surface area contributed by atoms with E-state index in [1.54, 1.807) is 12.3 Å². The summed E-state index contributed by atoms with van der Waals surface area (Å²) in [7, 11) is 1.89. The van der Waals surface area contributed by atoms with Gasteiger partial charge in [0, 0.05) is 38.4 Å². The Morgan fingerprint density at radius 2 is 2.33 bits per heavy atom. The molecule has 0 aliphatic heterocycles. The minimum Gasteiger partial charge on any atom is -0.388 e. The van der Waals surface area contributed by atoms with E-state index < -0.39 is 0 Å². The monoisotopic (exact) mass is 249 g/mol. The number of carbonyl (C=O) groups is 1. The van der Waals surface area contributed by atoms with Crippen molar-refractivity contribution in [2.75, 3.05) is 25.0 Å². The molecule has 4 N–H and O–H groups in total. The van der Waals surface area contributed by atoms with E-state index in [1.807, 2.05) is 24.9 Å². The number of nitrogens with one attached hydrogen (secondary N) is 2. The normalized spacial score (nSPS) is 9.89. The minimum absolute atomic E-state index is 0.153. The average molecular weight is 249 g/mol. The van der Waals surface area contributed by atoms with Gasteiger partial charge < -0.3 is 16.0 Å². The van der Waals surface area contributed by atoms with E-state index in [2.05, 4.69) is 10.3 Å². The third kappa shape index (κ3) is 4.04. The lowest BCUT2D eigenvalue weighted by atomic mass is 10.2. The molecule has 1 aromatic heterocycles. The molecule has 0 saturated carbocycles. The number of aromatic nitrogens is 1. The van der Waals surface area contributed by atoms with Crippen LogP contribution in [-0.4, -0.2) is 36.9 Å². The van der Waals surface area contributed by atoms with Crippen LogP contribution in [0.4, 0.5) is 5.69 Å². The smallest absolute Gasteiger partial charge is 0.269 e. The van der Waals surface area contributed by atoms with Gasteiger partial charge in [0.25, 0.3) is 5.91 Å². The van der Waals surface area contributed by atoms with Crippen molar-refractivity contribution >= 4 is 17.4 Å². The maximum atomic E-state index is 11.6. The lowest BCUT2D eigenvalue weighted by molar-refractivity contribution is 0.0951. The minimum atomic E-state index is -0.181. The molecule has 0 fully saturated rings. The third-order valence-electron chi connectivity index (χ3n) is 2.47. The summed E-state index contributed by atoms with van der Waals surface area (Å²) in [6.07, 6.45) is 2.10. The molecular weight excluding hydrogens is 230 g/mol. The number of pyridine rings is 1. The standard InChI is InChI=1S/C12H19N5O/c1-3-15-12(18)10-8-9(4-6-16-10)17(2)7-5-11(13)14/h4,6,8H,3,5,7H2,1-2H3,(H3,13,14)(H,15,18). The lowest BCUT2D eigenvalue weighted by Gasteiger charge is -2.19. The molecule has 0 aliphatic rings. The highest BCUT2D eigenvalue weighted by Gasteiger charge is 2.08. The quantitative estimate of drug-likeness (QED) is 0.508. The van der Waals surface area contributed by atoms with Crippen molar-refractivity contribution in [2.24, 2.45) is 5.73 Å². The van der Waals surface area contributed by atoms with Gasteiger partial charge in [-0.05, 0) is 19.1 Å². The molecule has 1 amide bonds. The molecule has 1 heterocycles. The Balaban J connectivity index is 2.74. The van der Waals surface area contributed by atoms with Crippen LogP contribution in [0.5, 0.6) is 0 Å². The number of amides is 1. The van der Waals surface area contributed by atoms with Crippen LogP contribution in [0.2, 0.25) is 0 Å². The highest BCUT2D eigenvalue weighted by Crippen LogP contribution is 2.13. The van der Waals surface area contributed by atoms with E-state index in [-0.39, 0.29) is 11.7 Å². The Kier molecular flexibility index (Phi) is 5.10. The largest absolute Gasteiger partial charge is 0.388 e. The fraction of sp³-hybridized carbons (Fsp3) is 0.417. The molecule has 1 aromatic rings. The highest BCUT2D eigenvalue weighted by molar-refractivity contribution is 5.93. The van der Waals surface area contributed by atoms with E-state index in [1.165, 1.54) is 0 Å². The number of hydrogen-bond acceptors (Lipinski definition) is 4. The predicted molar refractivity (Wildman–Crippen MR) is 72.0 cm³/mol. The molecule has 0 spiro atoms. The van der Waals surface area contributed by atoms with Gasteiger partial charge in [-0.2, -0.15) is 0 Å². The lowest BCUT2D eigenvalue weighted by Crippen LogP contribution is -2.26. The summed E-state index contributed by atoms with van der Waals surface area (Å²) in [6, 6.07) is 3.55. The summed E-state index contributed by atoms with van der Waals surface area (Å²) in [5.41, 5.74) is 6.59. The molecule has 0 radical (unpaired) electrons. The molecule has 6 heteroatoms. The van der Waals surface area contributed by atoms with E-state index in [0.717, 1.165) is 5.69 Å². The van der Waals surface area contributed by atoms with Gasteiger partial charge in [0.2, 0.25) is 0 Å². The van der Waals surface area contributed by atoms with E-state index in [0.29, 0.717) is 25.2 Å². The Morgan fingerprint density at radius 1 is 1.61 bits per heavy atom. The van der Waals surface area contributed by atoms with Crippen LogP contribution in [0.1, 0.15) is 23.8 Å².